The molecule has 2 fully saturated rings. The van der Waals surface area contributed by atoms with Crippen molar-refractivity contribution in [2.75, 3.05) is 6.54 Å². The first-order valence-electron chi connectivity index (χ1n) is 3.96. The molecule has 1 saturated carbocycles. The van der Waals surface area contributed by atoms with Gasteiger partial charge < -0.3 is 5.32 Å². The normalized spacial score (nSPS) is 32.0. The van der Waals surface area contributed by atoms with E-state index in [1.807, 2.05) is 0 Å². The quantitative estimate of drug-likeness (QED) is 0.518. The average molecular weight is 124 g/mol. The van der Waals surface area contributed by atoms with Crippen LogP contribution in [0, 0.1) is 12.0 Å². The molecule has 1 N–H and O–H groups in total. The summed E-state index contributed by atoms with van der Waals surface area (Å²) >= 11 is 0. The van der Waals surface area contributed by atoms with E-state index in [-0.39, 0.29) is 0 Å². The molecule has 1 aliphatic carbocycles. The molecule has 1 nitrogen and oxygen atoms in total. The summed E-state index contributed by atoms with van der Waals surface area (Å²) in [5, 5.41) is 3.28. The van der Waals surface area contributed by atoms with Gasteiger partial charge in [-0.1, -0.05) is 6.42 Å². The van der Waals surface area contributed by atoms with Crippen LogP contribution in [-0.2, 0) is 0 Å². The fraction of sp³-hybridized carbons (Fsp3) is 0.875. The second-order valence-electron chi connectivity index (χ2n) is 3.47. The Kier molecular flexibility index (Phi) is 1.26. The Morgan fingerprint density at radius 2 is 2.11 bits per heavy atom. The standard InChI is InChI=1S/C8H14N/c1-2-8(3-1)4-6-9-7-5-8/h6,9H,1-5,7H2. The summed E-state index contributed by atoms with van der Waals surface area (Å²) in [5.41, 5.74) is 0.783. The summed E-state index contributed by atoms with van der Waals surface area (Å²) in [6.45, 7) is 3.47. The Hall–Kier alpha value is -0.0400. The number of hydrogen-bond donors (Lipinski definition) is 1. The molecule has 51 valence electrons. The lowest BCUT2D eigenvalue weighted by atomic mass is 9.63. The predicted molar refractivity (Wildman–Crippen MR) is 37.8 cm³/mol. The van der Waals surface area contributed by atoms with Crippen molar-refractivity contribution >= 4 is 0 Å². The molecule has 9 heavy (non-hydrogen) atoms. The number of rotatable bonds is 0. The Bertz CT molecular complexity index is 97.1. The zero-order valence-corrected chi connectivity index (χ0v) is 5.82. The third-order valence-electron chi connectivity index (χ3n) is 2.89. The van der Waals surface area contributed by atoms with E-state index >= 15 is 0 Å². The van der Waals surface area contributed by atoms with E-state index in [0.29, 0.717) is 0 Å². The maximum absolute atomic E-state index is 3.28. The van der Waals surface area contributed by atoms with Gasteiger partial charge in [0.2, 0.25) is 0 Å². The van der Waals surface area contributed by atoms with E-state index in [2.05, 4.69) is 11.9 Å². The summed E-state index contributed by atoms with van der Waals surface area (Å²) < 4.78 is 0. The van der Waals surface area contributed by atoms with Gasteiger partial charge in [-0.05, 0) is 37.6 Å². The molecule has 1 radical (unpaired) electrons. The van der Waals surface area contributed by atoms with Crippen LogP contribution in [0.25, 0.3) is 0 Å². The first-order valence-corrected chi connectivity index (χ1v) is 3.96. The minimum atomic E-state index is 0.783. The minimum absolute atomic E-state index is 0.783. The molecule has 0 aromatic rings. The molecule has 0 atom stereocenters. The molecule has 0 amide bonds. The molecule has 1 spiro atoms. The fourth-order valence-electron chi connectivity index (χ4n) is 1.96. The molecule has 1 saturated heterocycles. The Morgan fingerprint density at radius 1 is 1.22 bits per heavy atom. The van der Waals surface area contributed by atoms with Gasteiger partial charge in [0.25, 0.3) is 0 Å². The van der Waals surface area contributed by atoms with Crippen molar-refractivity contribution in [3.8, 4) is 0 Å². The zero-order chi connectivity index (χ0) is 6.16. The van der Waals surface area contributed by atoms with Crippen LogP contribution in [0.3, 0.4) is 0 Å². The van der Waals surface area contributed by atoms with Crippen molar-refractivity contribution in [3.05, 3.63) is 6.54 Å². The van der Waals surface area contributed by atoms with E-state index in [1.165, 1.54) is 38.6 Å². The highest BCUT2D eigenvalue weighted by Gasteiger charge is 2.37. The Labute approximate surface area is 56.8 Å². The van der Waals surface area contributed by atoms with Crippen molar-refractivity contribution in [3.63, 3.8) is 0 Å². The molecule has 2 aliphatic rings. The van der Waals surface area contributed by atoms with Crippen LogP contribution in [0.4, 0.5) is 0 Å². The van der Waals surface area contributed by atoms with Crippen LogP contribution < -0.4 is 5.32 Å². The maximum atomic E-state index is 3.28. The van der Waals surface area contributed by atoms with Crippen LogP contribution in [0.15, 0.2) is 0 Å². The van der Waals surface area contributed by atoms with Crippen molar-refractivity contribution in [1.82, 2.24) is 5.32 Å². The fourth-order valence-corrected chi connectivity index (χ4v) is 1.96. The smallest absolute Gasteiger partial charge is 0.0226 e. The largest absolute Gasteiger partial charge is 0.312 e. The first kappa shape index (κ1) is 5.72. The van der Waals surface area contributed by atoms with E-state index in [4.69, 9.17) is 0 Å². The lowest BCUT2D eigenvalue weighted by Crippen LogP contribution is -2.38. The molecular weight excluding hydrogens is 110 g/mol. The molecule has 0 bridgehead atoms. The van der Waals surface area contributed by atoms with Crippen LogP contribution in [0.5, 0.6) is 0 Å². The summed E-state index contributed by atoms with van der Waals surface area (Å²) in [5.74, 6) is 0. The summed E-state index contributed by atoms with van der Waals surface area (Å²) in [7, 11) is 0. The highest BCUT2D eigenvalue weighted by molar-refractivity contribution is 4.94. The van der Waals surface area contributed by atoms with Gasteiger partial charge >= 0.3 is 0 Å². The van der Waals surface area contributed by atoms with Crippen molar-refractivity contribution < 1.29 is 0 Å². The average Bonchev–Trinajstić information content (AvgIpc) is 1.87. The zero-order valence-electron chi connectivity index (χ0n) is 5.82. The first-order chi connectivity index (χ1) is 4.41. The molecule has 1 heterocycles. The SMILES string of the molecule is [CH]1CC2(CCC2)CCN1. The molecular formula is C8H14N. The monoisotopic (exact) mass is 124 g/mol. The van der Waals surface area contributed by atoms with Gasteiger partial charge in [0, 0.05) is 6.54 Å². The van der Waals surface area contributed by atoms with Crippen LogP contribution >= 0.6 is 0 Å². The second-order valence-corrected chi connectivity index (χ2v) is 3.47. The van der Waals surface area contributed by atoms with Crippen LogP contribution in [0.1, 0.15) is 32.1 Å². The van der Waals surface area contributed by atoms with Gasteiger partial charge in [-0.3, -0.25) is 0 Å². The van der Waals surface area contributed by atoms with Gasteiger partial charge in [0.15, 0.2) is 0 Å². The topological polar surface area (TPSA) is 12.0 Å². The molecule has 0 unspecified atom stereocenters. The lowest BCUT2D eigenvalue weighted by Gasteiger charge is -2.44. The maximum Gasteiger partial charge on any atom is 0.0226 e. The minimum Gasteiger partial charge on any atom is -0.312 e. The van der Waals surface area contributed by atoms with Gasteiger partial charge in [-0.25, -0.2) is 0 Å². The van der Waals surface area contributed by atoms with Gasteiger partial charge in [0.1, 0.15) is 0 Å². The lowest BCUT2D eigenvalue weighted by molar-refractivity contribution is 0.0999. The van der Waals surface area contributed by atoms with Crippen molar-refractivity contribution in [2.24, 2.45) is 5.41 Å². The molecule has 1 heteroatoms. The van der Waals surface area contributed by atoms with E-state index < -0.39 is 0 Å². The Morgan fingerprint density at radius 3 is 2.44 bits per heavy atom. The molecule has 2 rings (SSSR count). The number of nitrogens with one attached hydrogen (secondary N) is 1. The van der Waals surface area contributed by atoms with Gasteiger partial charge in [0.05, 0.1) is 0 Å². The predicted octanol–water partition coefficient (Wildman–Crippen LogP) is 1.70. The van der Waals surface area contributed by atoms with Crippen LogP contribution in [-0.4, -0.2) is 6.54 Å². The van der Waals surface area contributed by atoms with E-state index in [1.54, 1.807) is 0 Å². The molecule has 1 aliphatic heterocycles. The highest BCUT2D eigenvalue weighted by Crippen LogP contribution is 2.48. The number of hydrogen-bond acceptors (Lipinski definition) is 1. The highest BCUT2D eigenvalue weighted by atomic mass is 14.9. The van der Waals surface area contributed by atoms with Crippen molar-refractivity contribution in [2.45, 2.75) is 32.1 Å². The Balaban J connectivity index is 1.93. The summed E-state index contributed by atoms with van der Waals surface area (Å²) in [6, 6.07) is 0. The molecule has 0 aromatic heterocycles. The third kappa shape index (κ3) is 0.877. The summed E-state index contributed by atoms with van der Waals surface area (Å²) in [6.07, 6.45) is 7.21. The van der Waals surface area contributed by atoms with Crippen LogP contribution in [0.2, 0.25) is 0 Å². The van der Waals surface area contributed by atoms with Gasteiger partial charge in [-0.2, -0.15) is 0 Å². The summed E-state index contributed by atoms with van der Waals surface area (Å²) in [4.78, 5) is 0. The van der Waals surface area contributed by atoms with Gasteiger partial charge in [-0.15, -0.1) is 0 Å². The van der Waals surface area contributed by atoms with E-state index in [9.17, 15) is 0 Å². The second kappa shape index (κ2) is 1.98. The van der Waals surface area contributed by atoms with Crippen molar-refractivity contribution in [1.29, 1.82) is 0 Å². The third-order valence-corrected chi connectivity index (χ3v) is 2.89. The molecule has 0 aromatic carbocycles. The van der Waals surface area contributed by atoms with E-state index in [0.717, 1.165) is 5.41 Å². The number of piperidine rings is 1.